The molecule has 1 aromatic rings. The highest BCUT2D eigenvalue weighted by atomic mass is 16.3. The molecule has 1 rings (SSSR count). The third kappa shape index (κ3) is 4.99. The van der Waals surface area contributed by atoms with E-state index in [1.807, 2.05) is 13.8 Å². The number of amides is 1. The first-order chi connectivity index (χ1) is 9.86. The molecule has 4 N–H and O–H groups in total. The maximum atomic E-state index is 11.9. The Bertz CT molecular complexity index is 489. The Labute approximate surface area is 125 Å². The van der Waals surface area contributed by atoms with E-state index in [9.17, 15) is 15.0 Å². The minimum Gasteiger partial charge on any atom is -0.506 e. The molecule has 1 amide bonds. The quantitative estimate of drug-likeness (QED) is 0.598. The smallest absolute Gasteiger partial charge is 0.236 e. The van der Waals surface area contributed by atoms with Gasteiger partial charge in [0.2, 0.25) is 5.91 Å². The largest absolute Gasteiger partial charge is 0.506 e. The van der Waals surface area contributed by atoms with E-state index in [1.54, 1.807) is 13.8 Å². The first kappa shape index (κ1) is 17.4. The molecule has 0 saturated carbocycles. The summed E-state index contributed by atoms with van der Waals surface area (Å²) in [5.74, 6) is 0.373. The number of aryl methyl sites for hydroxylation is 1. The van der Waals surface area contributed by atoms with Crippen molar-refractivity contribution in [2.75, 3.05) is 6.54 Å². The highest BCUT2D eigenvalue weighted by Gasteiger charge is 2.16. The van der Waals surface area contributed by atoms with Gasteiger partial charge >= 0.3 is 0 Å². The lowest BCUT2D eigenvalue weighted by Gasteiger charge is -2.17. The maximum absolute atomic E-state index is 11.9. The van der Waals surface area contributed by atoms with Crippen molar-refractivity contribution in [2.45, 2.75) is 46.9 Å². The minimum absolute atomic E-state index is 0.0591. The molecular formula is C15H25N3O3. The average Bonchev–Trinajstić information content (AvgIpc) is 2.45. The molecule has 0 aromatic carbocycles. The number of aliphatic hydroxyl groups excluding tert-OH is 1. The second-order valence-electron chi connectivity index (χ2n) is 5.60. The minimum atomic E-state index is -0.386. The first-order valence-electron chi connectivity index (χ1n) is 7.15. The molecule has 118 valence electrons. The lowest BCUT2D eigenvalue weighted by molar-refractivity contribution is -0.122. The van der Waals surface area contributed by atoms with Crippen LogP contribution in [0.4, 0.5) is 0 Å². The zero-order valence-electron chi connectivity index (χ0n) is 13.1. The summed E-state index contributed by atoms with van der Waals surface area (Å²) in [5.41, 5.74) is 1.63. The standard InChI is InChI=1S/C15H25N3O3/c1-9(2)5-18-15(21)11(4)17-7-13-12(8-19)6-16-10(3)14(13)20/h6,9,11,17,19-20H,5,7-8H2,1-4H3,(H,18,21). The fourth-order valence-electron chi connectivity index (χ4n) is 1.82. The van der Waals surface area contributed by atoms with Crippen LogP contribution in [-0.2, 0) is 17.9 Å². The van der Waals surface area contributed by atoms with Gasteiger partial charge in [0.25, 0.3) is 0 Å². The van der Waals surface area contributed by atoms with Gasteiger partial charge in [-0.15, -0.1) is 0 Å². The summed E-state index contributed by atoms with van der Waals surface area (Å²) in [6.07, 6.45) is 1.54. The van der Waals surface area contributed by atoms with Gasteiger partial charge in [0.1, 0.15) is 5.75 Å². The van der Waals surface area contributed by atoms with Crippen molar-refractivity contribution in [1.82, 2.24) is 15.6 Å². The third-order valence-electron chi connectivity index (χ3n) is 3.26. The van der Waals surface area contributed by atoms with Crippen molar-refractivity contribution in [3.8, 4) is 5.75 Å². The molecule has 0 radical (unpaired) electrons. The van der Waals surface area contributed by atoms with Crippen LogP contribution in [0.2, 0.25) is 0 Å². The molecular weight excluding hydrogens is 270 g/mol. The van der Waals surface area contributed by atoms with E-state index in [-0.39, 0.29) is 24.3 Å². The second kappa shape index (κ2) is 7.95. The number of pyridine rings is 1. The van der Waals surface area contributed by atoms with E-state index in [4.69, 9.17) is 0 Å². The fraction of sp³-hybridized carbons (Fsp3) is 0.600. The van der Waals surface area contributed by atoms with Gasteiger partial charge in [-0.05, 0) is 19.8 Å². The second-order valence-corrected chi connectivity index (χ2v) is 5.60. The molecule has 21 heavy (non-hydrogen) atoms. The van der Waals surface area contributed by atoms with Crippen LogP contribution in [0.15, 0.2) is 6.20 Å². The van der Waals surface area contributed by atoms with Crippen molar-refractivity contribution in [2.24, 2.45) is 5.92 Å². The number of aromatic hydroxyl groups is 1. The van der Waals surface area contributed by atoms with Gasteiger partial charge in [0, 0.05) is 30.4 Å². The molecule has 1 atom stereocenters. The molecule has 1 unspecified atom stereocenters. The van der Waals surface area contributed by atoms with Crippen LogP contribution in [0.1, 0.15) is 37.6 Å². The molecule has 1 heterocycles. The zero-order valence-corrected chi connectivity index (χ0v) is 13.1. The molecule has 6 nitrogen and oxygen atoms in total. The van der Waals surface area contributed by atoms with Crippen LogP contribution in [0.5, 0.6) is 5.75 Å². The normalized spacial score (nSPS) is 12.5. The van der Waals surface area contributed by atoms with Crippen molar-refractivity contribution < 1.29 is 15.0 Å². The molecule has 0 aliphatic rings. The Kier molecular flexibility index (Phi) is 6.58. The summed E-state index contributed by atoms with van der Waals surface area (Å²) < 4.78 is 0. The third-order valence-corrected chi connectivity index (χ3v) is 3.26. The van der Waals surface area contributed by atoms with Crippen LogP contribution >= 0.6 is 0 Å². The Balaban J connectivity index is 2.66. The number of nitrogens with zero attached hydrogens (tertiary/aromatic N) is 1. The van der Waals surface area contributed by atoms with Gasteiger partial charge in [-0.3, -0.25) is 9.78 Å². The van der Waals surface area contributed by atoms with Gasteiger partial charge in [-0.1, -0.05) is 13.8 Å². The lowest BCUT2D eigenvalue weighted by atomic mass is 10.1. The van der Waals surface area contributed by atoms with Crippen LogP contribution in [0.25, 0.3) is 0 Å². The van der Waals surface area contributed by atoms with Crippen molar-refractivity contribution in [3.63, 3.8) is 0 Å². The lowest BCUT2D eigenvalue weighted by Crippen LogP contribution is -2.43. The van der Waals surface area contributed by atoms with E-state index < -0.39 is 0 Å². The van der Waals surface area contributed by atoms with Crippen molar-refractivity contribution in [1.29, 1.82) is 0 Å². The molecule has 0 fully saturated rings. The summed E-state index contributed by atoms with van der Waals surface area (Å²) in [6.45, 7) is 8.24. The maximum Gasteiger partial charge on any atom is 0.236 e. The van der Waals surface area contributed by atoms with Crippen LogP contribution in [-0.4, -0.2) is 33.7 Å². The predicted molar refractivity (Wildman–Crippen MR) is 80.7 cm³/mol. The molecule has 6 heteroatoms. The number of carbonyl (C=O) groups is 1. The number of carbonyl (C=O) groups excluding carboxylic acids is 1. The van der Waals surface area contributed by atoms with E-state index in [0.717, 1.165) is 0 Å². The number of aromatic nitrogens is 1. The SMILES string of the molecule is Cc1ncc(CO)c(CNC(C)C(=O)NCC(C)C)c1O. The van der Waals surface area contributed by atoms with Gasteiger partial charge in [0.05, 0.1) is 18.3 Å². The van der Waals surface area contributed by atoms with Crippen LogP contribution in [0.3, 0.4) is 0 Å². The Morgan fingerprint density at radius 3 is 2.62 bits per heavy atom. The van der Waals surface area contributed by atoms with E-state index in [1.165, 1.54) is 6.20 Å². The number of nitrogens with one attached hydrogen (secondary N) is 2. The Morgan fingerprint density at radius 1 is 1.38 bits per heavy atom. The topological polar surface area (TPSA) is 94.5 Å². The molecule has 0 saturated heterocycles. The van der Waals surface area contributed by atoms with Crippen LogP contribution in [0, 0.1) is 12.8 Å². The number of hydrogen-bond donors (Lipinski definition) is 4. The van der Waals surface area contributed by atoms with E-state index in [0.29, 0.717) is 35.8 Å². The Hall–Kier alpha value is -1.66. The number of hydrogen-bond acceptors (Lipinski definition) is 5. The number of rotatable bonds is 7. The van der Waals surface area contributed by atoms with E-state index in [2.05, 4.69) is 15.6 Å². The summed E-state index contributed by atoms with van der Waals surface area (Å²) in [7, 11) is 0. The monoisotopic (exact) mass is 295 g/mol. The first-order valence-corrected chi connectivity index (χ1v) is 7.15. The molecule has 0 spiro atoms. The highest BCUT2D eigenvalue weighted by Crippen LogP contribution is 2.23. The fourth-order valence-corrected chi connectivity index (χ4v) is 1.82. The summed E-state index contributed by atoms with van der Waals surface area (Å²) in [4.78, 5) is 15.9. The van der Waals surface area contributed by atoms with Gasteiger partial charge in [-0.25, -0.2) is 0 Å². The summed E-state index contributed by atoms with van der Waals surface area (Å²) in [5, 5.41) is 25.2. The molecule has 0 aliphatic carbocycles. The zero-order chi connectivity index (χ0) is 16.0. The Morgan fingerprint density at radius 2 is 2.05 bits per heavy atom. The molecule has 1 aromatic heterocycles. The molecule has 0 bridgehead atoms. The van der Waals surface area contributed by atoms with Gasteiger partial charge < -0.3 is 20.8 Å². The average molecular weight is 295 g/mol. The predicted octanol–water partition coefficient (Wildman–Crippen LogP) is 0.838. The van der Waals surface area contributed by atoms with Crippen molar-refractivity contribution >= 4 is 5.91 Å². The van der Waals surface area contributed by atoms with Gasteiger partial charge in [0.15, 0.2) is 0 Å². The van der Waals surface area contributed by atoms with Crippen molar-refractivity contribution in [3.05, 3.63) is 23.0 Å². The molecule has 0 aliphatic heterocycles. The highest BCUT2D eigenvalue weighted by molar-refractivity contribution is 5.81. The van der Waals surface area contributed by atoms with E-state index >= 15 is 0 Å². The van der Waals surface area contributed by atoms with Gasteiger partial charge in [-0.2, -0.15) is 0 Å². The summed E-state index contributed by atoms with van der Waals surface area (Å²) in [6, 6.07) is -0.386. The van der Waals surface area contributed by atoms with Crippen LogP contribution < -0.4 is 10.6 Å². The number of aliphatic hydroxyl groups is 1. The summed E-state index contributed by atoms with van der Waals surface area (Å²) >= 11 is 0.